The van der Waals surface area contributed by atoms with Crippen LogP contribution < -0.4 is 21.5 Å². The highest BCUT2D eigenvalue weighted by Crippen LogP contribution is 1.87. The monoisotopic (exact) mass is 264 g/mol. The third-order valence-corrected chi connectivity index (χ3v) is 2.55. The maximum atomic E-state index is 4.25. The summed E-state index contributed by atoms with van der Waals surface area (Å²) in [5, 5.41) is 14.5. The Balaban J connectivity index is 1.74. The molecule has 0 atom stereocenters. The number of rotatable bonds is 3. The van der Waals surface area contributed by atoms with Gasteiger partial charge in [-0.15, -0.1) is 0 Å². The lowest BCUT2D eigenvalue weighted by molar-refractivity contribution is 0.710. The molecule has 104 valence electrons. The van der Waals surface area contributed by atoms with Crippen molar-refractivity contribution in [2.45, 2.75) is 19.8 Å². The zero-order chi connectivity index (χ0) is 13.3. The molecule has 0 amide bonds. The second kappa shape index (κ2) is 7.34. The fourth-order valence-electron chi connectivity index (χ4n) is 1.57. The van der Waals surface area contributed by atoms with Crippen molar-refractivity contribution in [2.75, 3.05) is 26.2 Å². The molecular formula is C11H20N8. The summed E-state index contributed by atoms with van der Waals surface area (Å²) in [6.45, 7) is 5.40. The number of hydrogen-bond donors (Lipinski definition) is 4. The summed E-state index contributed by atoms with van der Waals surface area (Å²) in [6.07, 6.45) is 3.76. The highest BCUT2D eigenvalue weighted by atomic mass is 15.4. The van der Waals surface area contributed by atoms with Gasteiger partial charge in [-0.1, -0.05) is 0 Å². The predicted octanol–water partition coefficient (Wildman–Crippen LogP) is -0.774. The van der Waals surface area contributed by atoms with Crippen molar-refractivity contribution in [3.8, 4) is 0 Å². The summed E-state index contributed by atoms with van der Waals surface area (Å²) in [5.74, 6) is 1.42. The first-order chi connectivity index (χ1) is 9.34. The first-order valence-corrected chi connectivity index (χ1v) is 6.50. The number of hydrogen-bond acceptors (Lipinski definition) is 8. The van der Waals surface area contributed by atoms with Gasteiger partial charge < -0.3 is 10.6 Å². The molecule has 0 saturated carbocycles. The Hall–Kier alpha value is -2.12. The molecule has 0 bridgehead atoms. The molecular weight excluding hydrogens is 244 g/mol. The Labute approximate surface area is 112 Å². The molecule has 4 N–H and O–H groups in total. The van der Waals surface area contributed by atoms with E-state index in [0.717, 1.165) is 44.7 Å². The highest BCUT2D eigenvalue weighted by Gasteiger charge is 2.02. The molecule has 8 nitrogen and oxygen atoms in total. The Morgan fingerprint density at radius 3 is 2.32 bits per heavy atom. The normalized spacial score (nSPS) is 20.2. The second-order valence-electron chi connectivity index (χ2n) is 4.26. The van der Waals surface area contributed by atoms with Gasteiger partial charge in [-0.25, -0.2) is 10.9 Å². The summed E-state index contributed by atoms with van der Waals surface area (Å²) in [6, 6.07) is 0. The number of hydrazone groups is 2. The zero-order valence-corrected chi connectivity index (χ0v) is 11.1. The van der Waals surface area contributed by atoms with E-state index in [4.69, 9.17) is 0 Å². The Morgan fingerprint density at radius 2 is 1.74 bits per heavy atom. The lowest BCUT2D eigenvalue weighted by Gasteiger charge is -2.13. The summed E-state index contributed by atoms with van der Waals surface area (Å²) in [5.41, 5.74) is 6.47. The molecule has 0 aliphatic carbocycles. The lowest BCUT2D eigenvalue weighted by Crippen LogP contribution is -2.39. The maximum Gasteiger partial charge on any atom is 0.212 e. The van der Waals surface area contributed by atoms with Crippen LogP contribution in [0.4, 0.5) is 0 Å². The SMILES string of the molecule is CC(/C=N/NC1=NCCCN1)=N\NC1=NCCCN1. The Bertz CT molecular complexity index is 409. The van der Waals surface area contributed by atoms with E-state index in [1.807, 2.05) is 6.92 Å². The van der Waals surface area contributed by atoms with Crippen molar-refractivity contribution in [3.63, 3.8) is 0 Å². The van der Waals surface area contributed by atoms with Gasteiger partial charge in [0.15, 0.2) is 0 Å². The van der Waals surface area contributed by atoms with Gasteiger partial charge in [0.1, 0.15) is 0 Å². The van der Waals surface area contributed by atoms with Crippen molar-refractivity contribution >= 4 is 23.8 Å². The highest BCUT2D eigenvalue weighted by molar-refractivity contribution is 6.29. The number of nitrogens with zero attached hydrogens (tertiary/aromatic N) is 4. The number of guanidine groups is 2. The van der Waals surface area contributed by atoms with Gasteiger partial charge in [0, 0.05) is 26.2 Å². The predicted molar refractivity (Wildman–Crippen MR) is 77.7 cm³/mol. The van der Waals surface area contributed by atoms with Crippen molar-refractivity contribution in [2.24, 2.45) is 20.2 Å². The topological polar surface area (TPSA) is 97.6 Å². The summed E-state index contributed by atoms with van der Waals surface area (Å²) in [4.78, 5) is 8.50. The van der Waals surface area contributed by atoms with E-state index in [9.17, 15) is 0 Å². The summed E-state index contributed by atoms with van der Waals surface area (Å²) >= 11 is 0. The van der Waals surface area contributed by atoms with Gasteiger partial charge in [0.05, 0.1) is 11.9 Å². The minimum absolute atomic E-state index is 0.710. The molecule has 2 heterocycles. The van der Waals surface area contributed by atoms with Crippen LogP contribution in [-0.2, 0) is 0 Å². The van der Waals surface area contributed by atoms with Crippen LogP contribution in [0.15, 0.2) is 20.2 Å². The molecule has 0 aromatic heterocycles. The number of aliphatic imine (C=N–C) groups is 2. The summed E-state index contributed by atoms with van der Waals surface area (Å²) in [7, 11) is 0. The minimum Gasteiger partial charge on any atom is -0.355 e. The van der Waals surface area contributed by atoms with Crippen LogP contribution in [0.2, 0.25) is 0 Å². The van der Waals surface area contributed by atoms with Crippen molar-refractivity contribution < 1.29 is 0 Å². The van der Waals surface area contributed by atoms with Crippen LogP contribution in [0.5, 0.6) is 0 Å². The van der Waals surface area contributed by atoms with Crippen LogP contribution in [0, 0.1) is 0 Å². The van der Waals surface area contributed by atoms with Gasteiger partial charge in [0.2, 0.25) is 11.9 Å². The first kappa shape index (κ1) is 13.3. The Morgan fingerprint density at radius 1 is 1.11 bits per heavy atom. The van der Waals surface area contributed by atoms with Crippen molar-refractivity contribution in [1.29, 1.82) is 0 Å². The van der Waals surface area contributed by atoms with E-state index < -0.39 is 0 Å². The molecule has 2 rings (SSSR count). The third kappa shape index (κ3) is 4.94. The molecule has 0 radical (unpaired) electrons. The Kier molecular flexibility index (Phi) is 5.15. The molecule has 2 aliphatic rings. The molecule has 0 unspecified atom stereocenters. The quantitative estimate of drug-likeness (QED) is 0.397. The molecule has 8 heteroatoms. The van der Waals surface area contributed by atoms with Crippen LogP contribution >= 0.6 is 0 Å². The fourth-order valence-corrected chi connectivity index (χ4v) is 1.57. The smallest absolute Gasteiger partial charge is 0.212 e. The van der Waals surface area contributed by atoms with Gasteiger partial charge in [-0.05, 0) is 19.8 Å². The van der Waals surface area contributed by atoms with E-state index in [1.54, 1.807) is 6.21 Å². The zero-order valence-electron chi connectivity index (χ0n) is 11.1. The fraction of sp³-hybridized carbons (Fsp3) is 0.636. The molecule has 0 saturated heterocycles. The van der Waals surface area contributed by atoms with E-state index in [2.05, 4.69) is 41.7 Å². The minimum atomic E-state index is 0.710. The molecule has 2 aliphatic heterocycles. The van der Waals surface area contributed by atoms with E-state index in [0.29, 0.717) is 11.9 Å². The molecule has 0 fully saturated rings. The van der Waals surface area contributed by atoms with E-state index in [1.165, 1.54) is 0 Å². The lowest BCUT2D eigenvalue weighted by atomic mass is 10.4. The van der Waals surface area contributed by atoms with Gasteiger partial charge in [-0.3, -0.25) is 9.98 Å². The average molecular weight is 264 g/mol. The molecule has 0 aromatic rings. The molecule has 19 heavy (non-hydrogen) atoms. The third-order valence-electron chi connectivity index (χ3n) is 2.55. The van der Waals surface area contributed by atoms with Gasteiger partial charge in [0.25, 0.3) is 0 Å². The molecule has 0 aromatic carbocycles. The maximum absolute atomic E-state index is 4.25. The van der Waals surface area contributed by atoms with Gasteiger partial charge in [-0.2, -0.15) is 10.2 Å². The van der Waals surface area contributed by atoms with Crippen LogP contribution in [0.3, 0.4) is 0 Å². The average Bonchev–Trinajstić information content (AvgIpc) is 2.47. The van der Waals surface area contributed by atoms with E-state index >= 15 is 0 Å². The van der Waals surface area contributed by atoms with Crippen molar-refractivity contribution in [3.05, 3.63) is 0 Å². The van der Waals surface area contributed by atoms with Gasteiger partial charge >= 0.3 is 0 Å². The molecule has 0 spiro atoms. The summed E-state index contributed by atoms with van der Waals surface area (Å²) < 4.78 is 0. The van der Waals surface area contributed by atoms with Crippen molar-refractivity contribution in [1.82, 2.24) is 21.5 Å². The van der Waals surface area contributed by atoms with E-state index in [-0.39, 0.29) is 0 Å². The standard InChI is InChI=1S/C11H20N8/c1-9(17-19-11-14-6-3-7-15-11)8-16-18-10-12-4-2-5-13-10/h8H,2-7H2,1H3,(H2,12,13,18)(H2,14,15,19)/b16-8+,17-9+. The number of nitrogens with one attached hydrogen (secondary N) is 4. The second-order valence-corrected chi connectivity index (χ2v) is 4.26. The largest absolute Gasteiger partial charge is 0.355 e. The van der Waals surface area contributed by atoms with Crippen LogP contribution in [0.1, 0.15) is 19.8 Å². The van der Waals surface area contributed by atoms with Crippen LogP contribution in [-0.4, -0.2) is 50.0 Å². The first-order valence-electron chi connectivity index (χ1n) is 6.50. The van der Waals surface area contributed by atoms with Crippen LogP contribution in [0.25, 0.3) is 0 Å².